The number of rotatable bonds is 6. The molecule has 0 spiro atoms. The van der Waals surface area contributed by atoms with Gasteiger partial charge in [0, 0.05) is 24.2 Å². The van der Waals surface area contributed by atoms with Crippen molar-refractivity contribution >= 4 is 29.5 Å². The number of hydrogen-bond acceptors (Lipinski definition) is 2. The maximum Gasteiger partial charge on any atom is 0.471 e. The zero-order chi connectivity index (χ0) is 16.6. The molecule has 120 valence electrons. The molecule has 0 heterocycles. The number of carbonyl (C=O) groups excluding carboxylic acids is 2. The summed E-state index contributed by atoms with van der Waals surface area (Å²) in [7, 11) is 0. The van der Waals surface area contributed by atoms with E-state index in [4.69, 9.17) is 11.6 Å². The summed E-state index contributed by atoms with van der Waals surface area (Å²) >= 11 is 5.72. The molecule has 2 N–H and O–H groups in total. The van der Waals surface area contributed by atoms with Gasteiger partial charge in [-0.2, -0.15) is 13.2 Å². The molecular weight excluding hydrogens is 321 g/mol. The van der Waals surface area contributed by atoms with Crippen LogP contribution in [0, 0.1) is 0 Å². The monoisotopic (exact) mass is 334 g/mol. The summed E-state index contributed by atoms with van der Waals surface area (Å²) < 4.78 is 35.6. The fourth-order valence-corrected chi connectivity index (χ4v) is 1.53. The molecule has 0 atom stereocenters. The summed E-state index contributed by atoms with van der Waals surface area (Å²) in [4.78, 5) is 21.9. The molecule has 22 heavy (non-hydrogen) atoms. The molecule has 0 saturated carbocycles. The van der Waals surface area contributed by atoms with E-state index in [0.717, 1.165) is 5.56 Å². The quantitative estimate of drug-likeness (QED) is 0.620. The maximum absolute atomic E-state index is 11.9. The second-order valence-electron chi connectivity index (χ2n) is 4.28. The first-order valence-electron chi connectivity index (χ1n) is 6.35. The van der Waals surface area contributed by atoms with Gasteiger partial charge in [0.15, 0.2) is 0 Å². The summed E-state index contributed by atoms with van der Waals surface area (Å²) in [5.74, 6) is -2.36. The lowest BCUT2D eigenvalue weighted by Crippen LogP contribution is -2.38. The topological polar surface area (TPSA) is 58.2 Å². The summed E-state index contributed by atoms with van der Waals surface area (Å²) in [6.45, 7) is -0.0125. The van der Waals surface area contributed by atoms with Crippen molar-refractivity contribution in [3.05, 3.63) is 40.9 Å². The van der Waals surface area contributed by atoms with Crippen LogP contribution in [0.1, 0.15) is 12.0 Å². The van der Waals surface area contributed by atoms with E-state index < -0.39 is 12.1 Å². The van der Waals surface area contributed by atoms with Crippen LogP contribution in [0.15, 0.2) is 30.3 Å². The van der Waals surface area contributed by atoms with Crippen LogP contribution in [0.4, 0.5) is 13.2 Å². The van der Waals surface area contributed by atoms with Crippen LogP contribution in [0.25, 0.3) is 6.08 Å². The number of hydrogen-bond donors (Lipinski definition) is 2. The van der Waals surface area contributed by atoms with Crippen molar-refractivity contribution in [2.75, 3.05) is 13.1 Å². The van der Waals surface area contributed by atoms with Gasteiger partial charge in [-0.25, -0.2) is 0 Å². The molecule has 0 fully saturated rings. The van der Waals surface area contributed by atoms with Gasteiger partial charge >= 0.3 is 12.1 Å². The largest absolute Gasteiger partial charge is 0.471 e. The Morgan fingerprint density at radius 3 is 2.27 bits per heavy atom. The predicted molar refractivity (Wildman–Crippen MR) is 77.2 cm³/mol. The molecule has 2 amide bonds. The van der Waals surface area contributed by atoms with Gasteiger partial charge in [-0.3, -0.25) is 9.59 Å². The molecule has 0 radical (unpaired) electrons. The van der Waals surface area contributed by atoms with E-state index in [0.29, 0.717) is 5.02 Å². The predicted octanol–water partition coefficient (Wildman–Crippen LogP) is 2.54. The third kappa shape index (κ3) is 7.12. The van der Waals surface area contributed by atoms with Crippen LogP contribution < -0.4 is 10.6 Å². The molecule has 4 nitrogen and oxygen atoms in total. The number of amides is 2. The van der Waals surface area contributed by atoms with Gasteiger partial charge in [-0.05, 0) is 30.2 Å². The Balaban J connectivity index is 2.21. The molecule has 0 unspecified atom stereocenters. The number of alkyl halides is 3. The van der Waals surface area contributed by atoms with Gasteiger partial charge in [0.25, 0.3) is 0 Å². The van der Waals surface area contributed by atoms with E-state index in [1.54, 1.807) is 35.7 Å². The molecular formula is C14H14ClF3N2O2. The average Bonchev–Trinajstić information content (AvgIpc) is 2.45. The minimum absolute atomic E-state index is 0.155. The van der Waals surface area contributed by atoms with Crippen molar-refractivity contribution in [1.82, 2.24) is 10.6 Å². The SMILES string of the molecule is O=C(/C=C/c1ccc(Cl)cc1)NCCCNC(=O)C(F)(F)F. The highest BCUT2D eigenvalue weighted by atomic mass is 35.5. The molecule has 1 aromatic rings. The van der Waals surface area contributed by atoms with Crippen LogP contribution in [-0.2, 0) is 9.59 Å². The number of nitrogens with one attached hydrogen (secondary N) is 2. The first-order valence-corrected chi connectivity index (χ1v) is 6.73. The average molecular weight is 335 g/mol. The number of benzene rings is 1. The smallest absolute Gasteiger partial charge is 0.352 e. The highest BCUT2D eigenvalue weighted by Crippen LogP contribution is 2.13. The Morgan fingerprint density at radius 1 is 1.09 bits per heavy atom. The Bertz CT molecular complexity index is 542. The first kappa shape index (κ1) is 18.0. The Labute approximate surface area is 130 Å². The Kier molecular flexibility index (Phi) is 6.91. The summed E-state index contributed by atoms with van der Waals surface area (Å²) in [5, 5.41) is 4.79. The fraction of sp³-hybridized carbons (Fsp3) is 0.286. The third-order valence-corrected chi connectivity index (χ3v) is 2.74. The molecule has 0 aliphatic carbocycles. The van der Waals surface area contributed by atoms with E-state index >= 15 is 0 Å². The number of carbonyl (C=O) groups is 2. The molecule has 0 saturated heterocycles. The summed E-state index contributed by atoms with van der Waals surface area (Å²) in [5.41, 5.74) is 0.789. The van der Waals surface area contributed by atoms with Crippen molar-refractivity contribution in [3.63, 3.8) is 0 Å². The van der Waals surface area contributed by atoms with Crippen molar-refractivity contribution in [2.24, 2.45) is 0 Å². The van der Waals surface area contributed by atoms with Crippen molar-refractivity contribution < 1.29 is 22.8 Å². The third-order valence-electron chi connectivity index (χ3n) is 2.49. The molecule has 0 aromatic heterocycles. The lowest BCUT2D eigenvalue weighted by molar-refractivity contribution is -0.173. The minimum atomic E-state index is -4.88. The van der Waals surface area contributed by atoms with Crippen LogP contribution >= 0.6 is 11.6 Å². The van der Waals surface area contributed by atoms with Gasteiger partial charge < -0.3 is 10.6 Å². The molecule has 0 aliphatic heterocycles. The number of halogens is 4. The lowest BCUT2D eigenvalue weighted by Gasteiger charge is -2.07. The van der Waals surface area contributed by atoms with E-state index in [1.165, 1.54) is 6.08 Å². The highest BCUT2D eigenvalue weighted by molar-refractivity contribution is 6.30. The molecule has 0 aliphatic rings. The summed E-state index contributed by atoms with van der Waals surface area (Å²) in [6, 6.07) is 6.84. The second kappa shape index (κ2) is 8.43. The van der Waals surface area contributed by atoms with E-state index in [2.05, 4.69) is 5.32 Å². The van der Waals surface area contributed by atoms with E-state index in [9.17, 15) is 22.8 Å². The highest BCUT2D eigenvalue weighted by Gasteiger charge is 2.38. The Hall–Kier alpha value is -2.02. The zero-order valence-corrected chi connectivity index (χ0v) is 12.2. The van der Waals surface area contributed by atoms with Gasteiger partial charge in [-0.1, -0.05) is 23.7 Å². The van der Waals surface area contributed by atoms with Gasteiger partial charge in [0.1, 0.15) is 0 Å². The molecule has 8 heteroatoms. The van der Waals surface area contributed by atoms with Gasteiger partial charge in [0.05, 0.1) is 0 Å². The van der Waals surface area contributed by atoms with E-state index in [-0.39, 0.29) is 25.4 Å². The Morgan fingerprint density at radius 2 is 1.68 bits per heavy atom. The van der Waals surface area contributed by atoms with Crippen LogP contribution in [0.5, 0.6) is 0 Å². The van der Waals surface area contributed by atoms with Crippen LogP contribution in [0.2, 0.25) is 5.02 Å². The van der Waals surface area contributed by atoms with E-state index in [1.807, 2.05) is 0 Å². The zero-order valence-electron chi connectivity index (χ0n) is 11.4. The fourth-order valence-electron chi connectivity index (χ4n) is 1.41. The molecule has 1 aromatic carbocycles. The molecule has 0 bridgehead atoms. The van der Waals surface area contributed by atoms with Gasteiger partial charge in [0.2, 0.25) is 5.91 Å². The maximum atomic E-state index is 11.9. The summed E-state index contributed by atoms with van der Waals surface area (Å²) in [6.07, 6.45) is -1.80. The van der Waals surface area contributed by atoms with Gasteiger partial charge in [-0.15, -0.1) is 0 Å². The minimum Gasteiger partial charge on any atom is -0.352 e. The first-order chi connectivity index (χ1) is 10.3. The molecule has 1 rings (SSSR count). The normalized spacial score (nSPS) is 11.5. The second-order valence-corrected chi connectivity index (χ2v) is 4.72. The standard InChI is InChI=1S/C14H14ClF3N2O2/c15-11-5-2-10(3-6-11)4-7-12(21)19-8-1-9-20-13(22)14(16,17)18/h2-7H,1,8-9H2,(H,19,21)(H,20,22)/b7-4+. The van der Waals surface area contributed by atoms with Crippen LogP contribution in [-0.4, -0.2) is 31.1 Å². The van der Waals surface area contributed by atoms with Crippen molar-refractivity contribution in [3.8, 4) is 0 Å². The van der Waals surface area contributed by atoms with Crippen LogP contribution in [0.3, 0.4) is 0 Å². The van der Waals surface area contributed by atoms with Crippen molar-refractivity contribution in [2.45, 2.75) is 12.6 Å². The lowest BCUT2D eigenvalue weighted by atomic mass is 10.2. The van der Waals surface area contributed by atoms with Crippen molar-refractivity contribution in [1.29, 1.82) is 0 Å².